The van der Waals surface area contributed by atoms with E-state index in [9.17, 15) is 0 Å². The monoisotopic (exact) mass is 141 g/mol. The summed E-state index contributed by atoms with van der Waals surface area (Å²) in [5, 5.41) is 13.6. The van der Waals surface area contributed by atoms with Crippen LogP contribution in [0, 0.1) is 10.1 Å². The van der Waals surface area contributed by atoms with Crippen molar-refractivity contribution >= 4 is 13.5 Å². The largest absolute Gasteiger partial charge is 2.00 e. The van der Waals surface area contributed by atoms with Crippen LogP contribution >= 0.6 is 0 Å². The molecular formula is HNNa2O3S. The van der Waals surface area contributed by atoms with Crippen LogP contribution in [-0.4, -0.2) is 10.3 Å². The molecule has 0 unspecified atom stereocenters. The second-order valence-corrected chi connectivity index (χ2v) is 0.238. The smallest absolute Gasteiger partial charge is 1.00 e. The Hall–Kier alpha value is 1.55. The third-order valence-electron chi connectivity index (χ3n) is 0. The third kappa shape index (κ3) is 96.8. The standard InChI is InChI=1S/HNO3.2Na.S/c2-1(3)4;;;/h(H,2,3,4);;;/q;2*+1;-2. The molecule has 0 aromatic heterocycles. The maximum absolute atomic E-state index is 8.36. The second kappa shape index (κ2) is 15.6. The Morgan fingerprint density at radius 3 is 1.43 bits per heavy atom. The van der Waals surface area contributed by atoms with Gasteiger partial charge in [0.15, 0.2) is 0 Å². The molecule has 0 aromatic rings. The molecule has 0 radical (unpaired) electrons. The van der Waals surface area contributed by atoms with E-state index in [0.29, 0.717) is 0 Å². The zero-order valence-corrected chi connectivity index (χ0v) is 8.94. The molecule has 0 fully saturated rings. The summed E-state index contributed by atoms with van der Waals surface area (Å²) >= 11 is 0. The number of rotatable bonds is 0. The summed E-state index contributed by atoms with van der Waals surface area (Å²) in [5.41, 5.74) is 0. The number of hydrogen-bond acceptors (Lipinski definition) is 2. The molecule has 7 heavy (non-hydrogen) atoms. The van der Waals surface area contributed by atoms with Gasteiger partial charge < -0.3 is 18.7 Å². The molecule has 4 nitrogen and oxygen atoms in total. The summed E-state index contributed by atoms with van der Waals surface area (Å²) in [6.07, 6.45) is 0. The Balaban J connectivity index is -0.0000000150. The summed E-state index contributed by atoms with van der Waals surface area (Å²) in [6.45, 7) is 0. The topological polar surface area (TPSA) is 63.4 Å². The van der Waals surface area contributed by atoms with E-state index in [1.165, 1.54) is 0 Å². The molecular weight excluding hydrogens is 140 g/mol. The van der Waals surface area contributed by atoms with E-state index in [4.69, 9.17) is 15.3 Å². The minimum atomic E-state index is -1.50. The van der Waals surface area contributed by atoms with Crippen LogP contribution in [-0.2, 0) is 13.5 Å². The van der Waals surface area contributed by atoms with Gasteiger partial charge in [0, 0.05) is 0 Å². The van der Waals surface area contributed by atoms with Crippen molar-refractivity contribution in [3.63, 3.8) is 0 Å². The molecule has 7 heteroatoms. The van der Waals surface area contributed by atoms with Gasteiger partial charge in [-0.05, 0) is 0 Å². The normalized spacial score (nSPS) is 3.43. The van der Waals surface area contributed by atoms with Gasteiger partial charge in [-0.3, -0.25) is 0 Å². The van der Waals surface area contributed by atoms with Crippen molar-refractivity contribution in [2.75, 3.05) is 0 Å². The van der Waals surface area contributed by atoms with Gasteiger partial charge in [-0.25, -0.2) is 0 Å². The van der Waals surface area contributed by atoms with Gasteiger partial charge in [0.25, 0.3) is 5.09 Å². The number of nitrogens with zero attached hydrogens (tertiary/aromatic N) is 1. The zero-order valence-electron chi connectivity index (χ0n) is 4.12. The van der Waals surface area contributed by atoms with Crippen LogP contribution in [0.3, 0.4) is 0 Å². The molecule has 0 aliphatic rings. The molecule has 0 aliphatic carbocycles. The SMILES string of the molecule is O=[N+]([O-])O.[Na+].[Na+].[S-2]. The molecule has 0 saturated carbocycles. The fraction of sp³-hybridized carbons (Fsp3) is 0. The molecule has 0 aliphatic heterocycles. The van der Waals surface area contributed by atoms with Gasteiger partial charge in [-0.1, -0.05) is 0 Å². The van der Waals surface area contributed by atoms with Gasteiger partial charge in [-0.2, -0.15) is 0 Å². The second-order valence-electron chi connectivity index (χ2n) is 0.238. The van der Waals surface area contributed by atoms with E-state index in [0.717, 1.165) is 0 Å². The van der Waals surface area contributed by atoms with Gasteiger partial charge >= 0.3 is 59.1 Å². The van der Waals surface area contributed by atoms with E-state index in [1.807, 2.05) is 0 Å². The molecule has 0 heterocycles. The van der Waals surface area contributed by atoms with Crippen molar-refractivity contribution < 1.29 is 69.4 Å². The molecule has 32 valence electrons. The maximum atomic E-state index is 8.36. The van der Waals surface area contributed by atoms with E-state index in [2.05, 4.69) is 0 Å². The van der Waals surface area contributed by atoms with Crippen LogP contribution in [0.25, 0.3) is 0 Å². The van der Waals surface area contributed by atoms with Gasteiger partial charge in [0.1, 0.15) is 0 Å². The molecule has 0 saturated heterocycles. The Morgan fingerprint density at radius 1 is 1.43 bits per heavy atom. The van der Waals surface area contributed by atoms with Crippen molar-refractivity contribution in [3.05, 3.63) is 10.1 Å². The van der Waals surface area contributed by atoms with Gasteiger partial charge in [0.2, 0.25) is 0 Å². The fourth-order valence-electron chi connectivity index (χ4n) is 0. The number of hydrogen-bond donors (Lipinski definition) is 1. The predicted octanol–water partition coefficient (Wildman–Crippen LogP) is -6.34. The summed E-state index contributed by atoms with van der Waals surface area (Å²) in [4.78, 5) is 8.36. The minimum Gasteiger partial charge on any atom is -2.00 e. The van der Waals surface area contributed by atoms with E-state index in [-0.39, 0.29) is 72.6 Å². The molecule has 1 N–H and O–H groups in total. The van der Waals surface area contributed by atoms with Crippen molar-refractivity contribution in [3.8, 4) is 0 Å². The first kappa shape index (κ1) is 23.5. The molecule has 0 atom stereocenters. The Bertz CT molecular complexity index is 35.9. The summed E-state index contributed by atoms with van der Waals surface area (Å²) in [5.74, 6) is 0. The fourth-order valence-corrected chi connectivity index (χ4v) is 0. The molecule has 0 bridgehead atoms. The maximum Gasteiger partial charge on any atom is 1.00 e. The molecule has 0 amide bonds. The minimum absolute atomic E-state index is 0. The predicted molar refractivity (Wildman–Crippen MR) is 16.1 cm³/mol. The zero-order chi connectivity index (χ0) is 3.58. The average molecular weight is 141 g/mol. The first-order valence-electron chi connectivity index (χ1n) is 0.565. The van der Waals surface area contributed by atoms with Crippen molar-refractivity contribution in [2.45, 2.75) is 0 Å². The van der Waals surface area contributed by atoms with Crippen LogP contribution in [0.4, 0.5) is 0 Å². The van der Waals surface area contributed by atoms with Gasteiger partial charge in [-0.15, -0.1) is 10.1 Å². The third-order valence-corrected chi connectivity index (χ3v) is 0. The Morgan fingerprint density at radius 2 is 1.43 bits per heavy atom. The Kier molecular flexibility index (Phi) is 52.6. The van der Waals surface area contributed by atoms with E-state index < -0.39 is 5.09 Å². The first-order chi connectivity index (χ1) is 1.73. The van der Waals surface area contributed by atoms with Crippen LogP contribution < -0.4 is 59.1 Å². The van der Waals surface area contributed by atoms with Crippen LogP contribution in [0.1, 0.15) is 0 Å². The average Bonchev–Trinajstić information content (AvgIpc) is 0.811. The van der Waals surface area contributed by atoms with Crippen LogP contribution in [0.15, 0.2) is 0 Å². The summed E-state index contributed by atoms with van der Waals surface area (Å²) in [6, 6.07) is 0. The quantitative estimate of drug-likeness (QED) is 0.207. The van der Waals surface area contributed by atoms with E-state index >= 15 is 0 Å². The molecule has 0 spiro atoms. The van der Waals surface area contributed by atoms with E-state index in [1.54, 1.807) is 0 Å². The van der Waals surface area contributed by atoms with Crippen molar-refractivity contribution in [2.24, 2.45) is 0 Å². The first-order valence-corrected chi connectivity index (χ1v) is 0.565. The summed E-state index contributed by atoms with van der Waals surface area (Å²) < 4.78 is 0. The van der Waals surface area contributed by atoms with Crippen molar-refractivity contribution in [1.29, 1.82) is 0 Å². The molecule has 0 aromatic carbocycles. The Labute approximate surface area is 91.8 Å². The molecule has 0 rings (SSSR count). The summed E-state index contributed by atoms with van der Waals surface area (Å²) in [7, 11) is 0. The van der Waals surface area contributed by atoms with Gasteiger partial charge in [0.05, 0.1) is 0 Å². The van der Waals surface area contributed by atoms with Crippen molar-refractivity contribution in [1.82, 2.24) is 0 Å². The van der Waals surface area contributed by atoms with Crippen LogP contribution in [0.2, 0.25) is 0 Å². The van der Waals surface area contributed by atoms with Crippen LogP contribution in [0.5, 0.6) is 0 Å².